The van der Waals surface area contributed by atoms with Crippen molar-refractivity contribution in [2.45, 2.75) is 45.1 Å². The number of nitrogens with zero attached hydrogens (tertiary/aromatic N) is 3. The van der Waals surface area contributed by atoms with Gasteiger partial charge in [-0.1, -0.05) is 28.9 Å². The Labute approximate surface area is 125 Å². The molecule has 2 heterocycles. The molecule has 1 aliphatic heterocycles. The molecule has 4 rings (SSSR count). The van der Waals surface area contributed by atoms with Crippen molar-refractivity contribution in [3.8, 4) is 0 Å². The third-order valence-corrected chi connectivity index (χ3v) is 4.60. The van der Waals surface area contributed by atoms with Crippen LogP contribution in [0.1, 0.15) is 53.1 Å². The molecule has 0 N–H and O–H groups in total. The van der Waals surface area contributed by atoms with E-state index >= 15 is 0 Å². The van der Waals surface area contributed by atoms with Crippen LogP contribution in [0, 0.1) is 13.8 Å². The van der Waals surface area contributed by atoms with E-state index in [1.54, 1.807) is 0 Å². The maximum absolute atomic E-state index is 5.42. The fourth-order valence-corrected chi connectivity index (χ4v) is 2.99. The number of benzene rings is 1. The average Bonchev–Trinajstić information content (AvgIpc) is 3.16. The molecule has 2 aliphatic rings. The molecule has 110 valence electrons. The summed E-state index contributed by atoms with van der Waals surface area (Å²) in [6, 6.07) is 6.68. The third kappa shape index (κ3) is 2.60. The molecule has 4 heteroatoms. The molecule has 1 saturated heterocycles. The lowest BCUT2D eigenvalue weighted by Gasteiger charge is -2.37. The molecule has 4 nitrogen and oxygen atoms in total. The fourth-order valence-electron chi connectivity index (χ4n) is 2.99. The number of rotatable bonds is 4. The SMILES string of the molecule is Cc1ccc(C)c(CN2CC(c3nc(C4CC4)no3)C2)c1. The maximum atomic E-state index is 5.42. The number of hydrogen-bond acceptors (Lipinski definition) is 4. The lowest BCUT2D eigenvalue weighted by Crippen LogP contribution is -2.44. The van der Waals surface area contributed by atoms with Crippen LogP contribution in [0.4, 0.5) is 0 Å². The van der Waals surface area contributed by atoms with Crippen LogP contribution in [0.3, 0.4) is 0 Å². The van der Waals surface area contributed by atoms with Gasteiger partial charge >= 0.3 is 0 Å². The zero-order valence-corrected chi connectivity index (χ0v) is 12.7. The Balaban J connectivity index is 1.37. The van der Waals surface area contributed by atoms with E-state index in [-0.39, 0.29) is 0 Å². The Bertz CT molecular complexity index is 654. The van der Waals surface area contributed by atoms with Crippen LogP contribution in [-0.4, -0.2) is 28.1 Å². The monoisotopic (exact) mass is 283 g/mol. The molecule has 0 radical (unpaired) electrons. The molecule has 21 heavy (non-hydrogen) atoms. The quantitative estimate of drug-likeness (QED) is 0.864. The van der Waals surface area contributed by atoms with Crippen LogP contribution >= 0.6 is 0 Å². The van der Waals surface area contributed by atoms with Gasteiger partial charge in [0.2, 0.25) is 5.89 Å². The van der Waals surface area contributed by atoms with Gasteiger partial charge in [0.15, 0.2) is 5.82 Å². The van der Waals surface area contributed by atoms with E-state index in [4.69, 9.17) is 4.52 Å². The number of aromatic nitrogens is 2. The van der Waals surface area contributed by atoms with E-state index < -0.39 is 0 Å². The molecule has 0 unspecified atom stereocenters. The van der Waals surface area contributed by atoms with Gasteiger partial charge in [-0.2, -0.15) is 4.98 Å². The molecular formula is C17H21N3O. The van der Waals surface area contributed by atoms with Crippen molar-refractivity contribution in [1.29, 1.82) is 0 Å². The van der Waals surface area contributed by atoms with E-state index in [9.17, 15) is 0 Å². The van der Waals surface area contributed by atoms with Crippen LogP contribution in [-0.2, 0) is 6.54 Å². The average molecular weight is 283 g/mol. The number of hydrogen-bond donors (Lipinski definition) is 0. The lowest BCUT2D eigenvalue weighted by molar-refractivity contribution is 0.117. The first-order chi connectivity index (χ1) is 10.2. The molecule has 1 saturated carbocycles. The fraction of sp³-hybridized carbons (Fsp3) is 0.529. The summed E-state index contributed by atoms with van der Waals surface area (Å²) in [5.41, 5.74) is 4.13. The summed E-state index contributed by atoms with van der Waals surface area (Å²) < 4.78 is 5.42. The van der Waals surface area contributed by atoms with Crippen LogP contribution in [0.15, 0.2) is 22.7 Å². The molecule has 0 spiro atoms. The Morgan fingerprint density at radius 3 is 2.76 bits per heavy atom. The predicted molar refractivity (Wildman–Crippen MR) is 80.2 cm³/mol. The zero-order chi connectivity index (χ0) is 14.4. The van der Waals surface area contributed by atoms with Crippen molar-refractivity contribution in [2.75, 3.05) is 13.1 Å². The highest BCUT2D eigenvalue weighted by Crippen LogP contribution is 2.39. The summed E-state index contributed by atoms with van der Waals surface area (Å²) in [5.74, 6) is 2.77. The standard InChI is InChI=1S/C17H21N3O/c1-11-3-4-12(2)14(7-11)8-20-9-15(10-20)17-18-16(19-21-17)13-5-6-13/h3-4,7,13,15H,5-6,8-10H2,1-2H3. The van der Waals surface area contributed by atoms with E-state index in [0.29, 0.717) is 11.8 Å². The summed E-state index contributed by atoms with van der Waals surface area (Å²) in [5, 5.41) is 4.11. The number of aryl methyl sites for hydroxylation is 2. The first-order valence-corrected chi connectivity index (χ1v) is 7.81. The summed E-state index contributed by atoms with van der Waals surface area (Å²) in [6.45, 7) is 7.42. The van der Waals surface area contributed by atoms with Gasteiger partial charge in [0.25, 0.3) is 0 Å². The maximum Gasteiger partial charge on any atom is 0.232 e. The minimum absolute atomic E-state index is 0.426. The molecule has 0 atom stereocenters. The topological polar surface area (TPSA) is 42.2 Å². The molecule has 2 aromatic rings. The highest BCUT2D eigenvalue weighted by atomic mass is 16.5. The summed E-state index contributed by atoms with van der Waals surface area (Å²) in [7, 11) is 0. The summed E-state index contributed by atoms with van der Waals surface area (Å²) in [6.07, 6.45) is 2.45. The first-order valence-electron chi connectivity index (χ1n) is 7.81. The van der Waals surface area contributed by atoms with Crippen molar-refractivity contribution in [3.63, 3.8) is 0 Å². The lowest BCUT2D eigenvalue weighted by atomic mass is 9.97. The second-order valence-electron chi connectivity index (χ2n) is 6.59. The third-order valence-electron chi connectivity index (χ3n) is 4.60. The van der Waals surface area contributed by atoms with Crippen molar-refractivity contribution in [2.24, 2.45) is 0 Å². The van der Waals surface area contributed by atoms with Crippen LogP contribution < -0.4 is 0 Å². The number of likely N-dealkylation sites (tertiary alicyclic amines) is 1. The van der Waals surface area contributed by atoms with Crippen molar-refractivity contribution < 1.29 is 4.52 Å². The molecule has 1 aliphatic carbocycles. The van der Waals surface area contributed by atoms with Crippen LogP contribution in [0.2, 0.25) is 0 Å². The van der Waals surface area contributed by atoms with Crippen molar-refractivity contribution in [3.05, 3.63) is 46.6 Å². The van der Waals surface area contributed by atoms with Gasteiger partial charge in [0.1, 0.15) is 0 Å². The van der Waals surface area contributed by atoms with Gasteiger partial charge in [0.05, 0.1) is 5.92 Å². The van der Waals surface area contributed by atoms with Gasteiger partial charge < -0.3 is 4.52 Å². The van der Waals surface area contributed by atoms with E-state index in [2.05, 4.69) is 47.1 Å². The molecule has 1 aromatic heterocycles. The summed E-state index contributed by atoms with van der Waals surface area (Å²) in [4.78, 5) is 7.01. The van der Waals surface area contributed by atoms with Crippen molar-refractivity contribution >= 4 is 0 Å². The highest BCUT2D eigenvalue weighted by molar-refractivity contribution is 5.30. The Morgan fingerprint density at radius 2 is 2.00 bits per heavy atom. The van der Waals surface area contributed by atoms with E-state index in [0.717, 1.165) is 31.3 Å². The van der Waals surface area contributed by atoms with Gasteiger partial charge in [-0.05, 0) is 37.8 Å². The molecule has 0 bridgehead atoms. The van der Waals surface area contributed by atoms with Gasteiger partial charge in [-0.15, -0.1) is 0 Å². The minimum atomic E-state index is 0.426. The largest absolute Gasteiger partial charge is 0.339 e. The van der Waals surface area contributed by atoms with E-state index in [1.165, 1.54) is 29.5 Å². The second kappa shape index (κ2) is 4.95. The van der Waals surface area contributed by atoms with Gasteiger partial charge in [0, 0.05) is 25.6 Å². The Morgan fingerprint density at radius 1 is 1.19 bits per heavy atom. The normalized spacial score (nSPS) is 19.7. The predicted octanol–water partition coefficient (Wildman–Crippen LogP) is 3.16. The molecule has 1 aromatic carbocycles. The smallest absolute Gasteiger partial charge is 0.232 e. The molecular weight excluding hydrogens is 262 g/mol. The minimum Gasteiger partial charge on any atom is -0.339 e. The highest BCUT2D eigenvalue weighted by Gasteiger charge is 2.35. The summed E-state index contributed by atoms with van der Waals surface area (Å²) >= 11 is 0. The van der Waals surface area contributed by atoms with Crippen LogP contribution in [0.25, 0.3) is 0 Å². The van der Waals surface area contributed by atoms with E-state index in [1.807, 2.05) is 0 Å². The second-order valence-corrected chi connectivity index (χ2v) is 6.59. The van der Waals surface area contributed by atoms with Crippen LogP contribution in [0.5, 0.6) is 0 Å². The van der Waals surface area contributed by atoms with Gasteiger partial charge in [-0.25, -0.2) is 0 Å². The molecule has 0 amide bonds. The molecule has 2 fully saturated rings. The Kier molecular flexibility index (Phi) is 3.07. The Hall–Kier alpha value is -1.68. The zero-order valence-electron chi connectivity index (χ0n) is 12.7. The van der Waals surface area contributed by atoms with Gasteiger partial charge in [-0.3, -0.25) is 4.90 Å². The first kappa shape index (κ1) is 13.0. The van der Waals surface area contributed by atoms with Crippen molar-refractivity contribution in [1.82, 2.24) is 15.0 Å².